The van der Waals surface area contributed by atoms with Crippen LogP contribution in [0.25, 0.3) is 21.7 Å². The summed E-state index contributed by atoms with van der Waals surface area (Å²) < 4.78 is 2.94. The predicted molar refractivity (Wildman–Crippen MR) is 98.0 cm³/mol. The van der Waals surface area contributed by atoms with Gasteiger partial charge in [-0.25, -0.2) is 0 Å². The van der Waals surface area contributed by atoms with E-state index in [0.717, 1.165) is 31.7 Å². The van der Waals surface area contributed by atoms with Crippen LogP contribution in [0.1, 0.15) is 15.9 Å². The molecule has 4 aromatic rings. The van der Waals surface area contributed by atoms with Crippen molar-refractivity contribution < 1.29 is 4.79 Å². The highest BCUT2D eigenvalue weighted by Gasteiger charge is 2.17. The summed E-state index contributed by atoms with van der Waals surface area (Å²) in [5.41, 5.74) is 2.49. The van der Waals surface area contributed by atoms with E-state index in [9.17, 15) is 4.79 Å². The minimum atomic E-state index is 0.0493. The van der Waals surface area contributed by atoms with Crippen molar-refractivity contribution in [1.82, 2.24) is 4.57 Å². The van der Waals surface area contributed by atoms with Gasteiger partial charge in [0, 0.05) is 39.7 Å². The fourth-order valence-corrected chi connectivity index (χ4v) is 3.63. The summed E-state index contributed by atoms with van der Waals surface area (Å²) >= 11 is 3.58. The van der Waals surface area contributed by atoms with E-state index < -0.39 is 0 Å². The molecule has 0 N–H and O–H groups in total. The van der Waals surface area contributed by atoms with E-state index in [1.807, 2.05) is 72.4 Å². The number of carbonyl (C=O) groups excluding carboxylic acids is 1. The molecule has 0 amide bonds. The maximum Gasteiger partial charge on any atom is 0.195 e. The zero-order valence-electron chi connectivity index (χ0n) is 12.6. The fraction of sp³-hybridized carbons (Fsp3) is 0.0500. The van der Waals surface area contributed by atoms with Gasteiger partial charge in [0.25, 0.3) is 0 Å². The zero-order chi connectivity index (χ0) is 16.0. The molecule has 112 valence electrons. The van der Waals surface area contributed by atoms with Crippen LogP contribution in [0.5, 0.6) is 0 Å². The van der Waals surface area contributed by atoms with E-state index in [0.29, 0.717) is 5.56 Å². The third kappa shape index (κ3) is 2.28. The van der Waals surface area contributed by atoms with Crippen LogP contribution in [0.2, 0.25) is 0 Å². The van der Waals surface area contributed by atoms with Gasteiger partial charge < -0.3 is 4.57 Å². The van der Waals surface area contributed by atoms with Gasteiger partial charge in [-0.3, -0.25) is 4.79 Å². The van der Waals surface area contributed by atoms with Crippen molar-refractivity contribution in [2.75, 3.05) is 0 Å². The van der Waals surface area contributed by atoms with Crippen LogP contribution in [0.15, 0.2) is 71.3 Å². The van der Waals surface area contributed by atoms with Crippen molar-refractivity contribution in [3.05, 3.63) is 82.5 Å². The van der Waals surface area contributed by atoms with Gasteiger partial charge in [0.05, 0.1) is 0 Å². The predicted octanol–water partition coefficient (Wildman–Crippen LogP) is 5.33. The molecule has 0 fully saturated rings. The molecule has 0 aliphatic heterocycles. The Hall–Kier alpha value is -2.39. The van der Waals surface area contributed by atoms with E-state index in [4.69, 9.17) is 0 Å². The normalized spacial score (nSPS) is 11.2. The Morgan fingerprint density at radius 1 is 0.957 bits per heavy atom. The summed E-state index contributed by atoms with van der Waals surface area (Å²) in [6, 6.07) is 19.9. The molecule has 0 spiro atoms. The van der Waals surface area contributed by atoms with E-state index >= 15 is 0 Å². The zero-order valence-corrected chi connectivity index (χ0v) is 14.2. The lowest BCUT2D eigenvalue weighted by Gasteiger charge is -2.03. The smallest absolute Gasteiger partial charge is 0.195 e. The first-order chi connectivity index (χ1) is 11.1. The minimum Gasteiger partial charge on any atom is -0.350 e. The number of nitrogens with zero attached hydrogens (tertiary/aromatic N) is 1. The molecule has 0 bridgehead atoms. The van der Waals surface area contributed by atoms with Gasteiger partial charge in [-0.15, -0.1) is 0 Å². The molecule has 0 radical (unpaired) electrons. The first-order valence-electron chi connectivity index (χ1n) is 7.42. The summed E-state index contributed by atoms with van der Waals surface area (Å²) in [6.07, 6.45) is 1.91. The summed E-state index contributed by atoms with van der Waals surface area (Å²) in [4.78, 5) is 13.0. The number of carbonyl (C=O) groups is 1. The molecule has 1 aromatic heterocycles. The third-order valence-corrected chi connectivity index (χ3v) is 4.88. The average molecular weight is 364 g/mol. The summed E-state index contributed by atoms with van der Waals surface area (Å²) in [5.74, 6) is 0.0493. The first kappa shape index (κ1) is 14.2. The molecule has 4 rings (SSSR count). The van der Waals surface area contributed by atoms with Gasteiger partial charge in [0.2, 0.25) is 0 Å². The van der Waals surface area contributed by atoms with E-state index in [1.165, 1.54) is 0 Å². The Balaban J connectivity index is 1.91. The number of halogens is 1. The number of hydrogen-bond donors (Lipinski definition) is 0. The molecule has 3 heteroatoms. The largest absolute Gasteiger partial charge is 0.350 e. The third-order valence-electron chi connectivity index (χ3n) is 4.22. The van der Waals surface area contributed by atoms with Gasteiger partial charge in [-0.2, -0.15) is 0 Å². The van der Waals surface area contributed by atoms with Crippen molar-refractivity contribution in [3.8, 4) is 0 Å². The Bertz CT molecular complexity index is 1060. The first-order valence-corrected chi connectivity index (χ1v) is 8.21. The van der Waals surface area contributed by atoms with E-state index in [2.05, 4.69) is 22.0 Å². The molecule has 0 atom stereocenters. The summed E-state index contributed by atoms with van der Waals surface area (Å²) in [5, 5.41) is 3.19. The van der Waals surface area contributed by atoms with Gasteiger partial charge >= 0.3 is 0 Å². The Morgan fingerprint density at radius 3 is 2.57 bits per heavy atom. The summed E-state index contributed by atoms with van der Waals surface area (Å²) in [7, 11) is 1.96. The molecule has 1 heterocycles. The van der Waals surface area contributed by atoms with E-state index in [-0.39, 0.29) is 5.78 Å². The molecule has 3 aromatic carbocycles. The quantitative estimate of drug-likeness (QED) is 0.441. The van der Waals surface area contributed by atoms with Crippen LogP contribution in [-0.4, -0.2) is 10.4 Å². The highest BCUT2D eigenvalue weighted by atomic mass is 79.9. The minimum absolute atomic E-state index is 0.0493. The number of aromatic nitrogens is 1. The van der Waals surface area contributed by atoms with Crippen LogP contribution in [-0.2, 0) is 7.05 Å². The number of ketones is 1. The van der Waals surface area contributed by atoms with Crippen molar-refractivity contribution in [2.24, 2.45) is 7.05 Å². The Kier molecular flexibility index (Phi) is 3.31. The number of aryl methyl sites for hydroxylation is 1. The van der Waals surface area contributed by atoms with Crippen LogP contribution in [0.3, 0.4) is 0 Å². The van der Waals surface area contributed by atoms with Crippen molar-refractivity contribution in [3.63, 3.8) is 0 Å². The molecule has 0 unspecified atom stereocenters. The number of benzene rings is 3. The lowest BCUT2D eigenvalue weighted by molar-refractivity contribution is 0.104. The lowest BCUT2D eigenvalue weighted by atomic mass is 9.99. The molecule has 0 saturated heterocycles. The molecule has 2 nitrogen and oxygen atoms in total. The molecule has 0 aliphatic rings. The van der Waals surface area contributed by atoms with Crippen LogP contribution in [0.4, 0.5) is 0 Å². The molecular weight excluding hydrogens is 350 g/mol. The number of hydrogen-bond acceptors (Lipinski definition) is 1. The Labute approximate surface area is 142 Å². The second kappa shape index (κ2) is 5.36. The molecule has 0 aliphatic carbocycles. The number of fused-ring (bicyclic) bond motifs is 2. The Morgan fingerprint density at radius 2 is 1.74 bits per heavy atom. The monoisotopic (exact) mass is 363 g/mol. The van der Waals surface area contributed by atoms with Crippen LogP contribution in [0, 0.1) is 0 Å². The summed E-state index contributed by atoms with van der Waals surface area (Å²) in [6.45, 7) is 0. The molecular formula is C20H14BrNO. The highest BCUT2D eigenvalue weighted by Crippen LogP contribution is 2.30. The SMILES string of the molecule is Cn1cc(C(=O)c2ccc3ccccc3c2)c2c(Br)cccc21. The van der Waals surface area contributed by atoms with Crippen molar-refractivity contribution in [1.29, 1.82) is 0 Å². The molecule has 23 heavy (non-hydrogen) atoms. The van der Waals surface area contributed by atoms with Crippen LogP contribution >= 0.6 is 15.9 Å². The second-order valence-corrected chi connectivity index (χ2v) is 6.53. The van der Waals surface area contributed by atoms with E-state index in [1.54, 1.807) is 0 Å². The standard InChI is InChI=1S/C20H14BrNO/c1-22-12-16(19-17(21)7-4-8-18(19)22)20(23)15-10-9-13-5-2-3-6-14(13)11-15/h2-12H,1H3. The topological polar surface area (TPSA) is 22.0 Å². The van der Waals surface area contributed by atoms with Gasteiger partial charge in [0.15, 0.2) is 5.78 Å². The second-order valence-electron chi connectivity index (χ2n) is 5.68. The highest BCUT2D eigenvalue weighted by molar-refractivity contribution is 9.10. The van der Waals surface area contributed by atoms with Crippen LogP contribution < -0.4 is 0 Å². The van der Waals surface area contributed by atoms with Crippen molar-refractivity contribution >= 4 is 43.4 Å². The van der Waals surface area contributed by atoms with Gasteiger partial charge in [-0.1, -0.05) is 58.4 Å². The number of rotatable bonds is 2. The molecule has 0 saturated carbocycles. The van der Waals surface area contributed by atoms with Crippen molar-refractivity contribution in [2.45, 2.75) is 0 Å². The van der Waals surface area contributed by atoms with Gasteiger partial charge in [0.1, 0.15) is 0 Å². The average Bonchev–Trinajstić information content (AvgIpc) is 2.92. The maximum absolute atomic E-state index is 13.0. The maximum atomic E-state index is 13.0. The lowest BCUT2D eigenvalue weighted by Crippen LogP contribution is -2.00. The fourth-order valence-electron chi connectivity index (χ4n) is 3.06. The van der Waals surface area contributed by atoms with Gasteiger partial charge in [-0.05, 0) is 29.0 Å².